The lowest BCUT2D eigenvalue weighted by Gasteiger charge is -2.29. The maximum Gasteiger partial charge on any atom is 0.219 e. The van der Waals surface area contributed by atoms with Gasteiger partial charge in [0, 0.05) is 67.0 Å². The van der Waals surface area contributed by atoms with Crippen LogP contribution in [0.4, 0.5) is 10.9 Å². The number of aliphatic hydroxyl groups is 1. The molecule has 1 aliphatic heterocycles. The van der Waals surface area contributed by atoms with Crippen molar-refractivity contribution in [3.63, 3.8) is 0 Å². The molecule has 10 nitrogen and oxygen atoms in total. The molecule has 1 amide bonds. The molecule has 0 unspecified atom stereocenters. The highest BCUT2D eigenvalue weighted by atomic mass is 32.2. The van der Waals surface area contributed by atoms with E-state index >= 15 is 0 Å². The molecule has 5 heterocycles. The first-order chi connectivity index (χ1) is 18.1. The number of anilines is 2. The Morgan fingerprint density at radius 3 is 2.76 bits per heavy atom. The molecule has 0 spiro atoms. The van der Waals surface area contributed by atoms with Crippen molar-refractivity contribution < 1.29 is 14.6 Å². The van der Waals surface area contributed by atoms with Crippen LogP contribution in [0.3, 0.4) is 0 Å². The van der Waals surface area contributed by atoms with Gasteiger partial charge in [0.25, 0.3) is 0 Å². The number of carbonyl (C=O) groups is 1. The third-order valence-electron chi connectivity index (χ3n) is 5.88. The summed E-state index contributed by atoms with van der Waals surface area (Å²) in [5.74, 6) is 2.45. The van der Waals surface area contributed by atoms with Gasteiger partial charge < -0.3 is 20.1 Å². The van der Waals surface area contributed by atoms with Gasteiger partial charge in [-0.05, 0) is 37.1 Å². The van der Waals surface area contributed by atoms with Gasteiger partial charge in [0.15, 0.2) is 17.3 Å². The fourth-order valence-corrected chi connectivity index (χ4v) is 5.36. The molecule has 0 bridgehead atoms. The fourth-order valence-electron chi connectivity index (χ4n) is 3.94. The van der Waals surface area contributed by atoms with Crippen LogP contribution in [0.25, 0.3) is 0 Å². The van der Waals surface area contributed by atoms with Crippen LogP contribution >= 0.6 is 23.3 Å². The summed E-state index contributed by atoms with van der Waals surface area (Å²) < 4.78 is 10.7. The van der Waals surface area contributed by atoms with Crippen LogP contribution in [-0.4, -0.2) is 53.3 Å². The Hall–Kier alpha value is -3.61. The lowest BCUT2D eigenvalue weighted by molar-refractivity contribution is -0.129. The van der Waals surface area contributed by atoms with Crippen LogP contribution in [0.15, 0.2) is 64.9 Å². The number of hydrogen-bond acceptors (Lipinski definition) is 11. The molecule has 0 saturated carbocycles. The number of aromatic nitrogens is 5. The van der Waals surface area contributed by atoms with Gasteiger partial charge in [-0.1, -0.05) is 17.8 Å². The van der Waals surface area contributed by atoms with Crippen LogP contribution in [0.1, 0.15) is 37.2 Å². The van der Waals surface area contributed by atoms with Gasteiger partial charge in [-0.3, -0.25) is 9.78 Å². The minimum absolute atomic E-state index is 0.105. The first-order valence-corrected chi connectivity index (χ1v) is 13.4. The maximum atomic E-state index is 11.6. The van der Waals surface area contributed by atoms with E-state index < -0.39 is 0 Å². The number of hydrogen-bond donors (Lipinski definition) is 2. The molecule has 37 heavy (non-hydrogen) atoms. The molecular weight excluding hydrogens is 510 g/mol. The quantitative estimate of drug-likeness (QED) is 0.330. The Balaban J connectivity index is 1.37. The zero-order valence-corrected chi connectivity index (χ0v) is 21.7. The second-order valence-corrected chi connectivity index (χ2v) is 10.2. The van der Waals surface area contributed by atoms with E-state index in [4.69, 9.17) is 9.72 Å². The number of rotatable bonds is 8. The number of amides is 1. The molecule has 5 rings (SSSR count). The van der Waals surface area contributed by atoms with Crippen molar-refractivity contribution in [3.8, 4) is 11.5 Å². The van der Waals surface area contributed by atoms with Crippen LogP contribution in [0.5, 0.6) is 11.5 Å². The number of pyridine rings is 3. The van der Waals surface area contributed by atoms with Gasteiger partial charge in [-0.15, -0.1) is 0 Å². The molecule has 0 radical (unpaired) electrons. The van der Waals surface area contributed by atoms with E-state index in [-0.39, 0.29) is 18.4 Å². The lowest BCUT2D eigenvalue weighted by atomic mass is 9.96. The predicted octanol–water partition coefficient (Wildman–Crippen LogP) is 4.63. The second kappa shape index (κ2) is 11.6. The van der Waals surface area contributed by atoms with Crippen molar-refractivity contribution in [2.24, 2.45) is 0 Å². The Bertz CT molecular complexity index is 1360. The fraction of sp³-hybridized carbons (Fsp3) is 0.280. The summed E-state index contributed by atoms with van der Waals surface area (Å²) >= 11 is 2.72. The number of nitrogens with zero attached hydrogens (tertiary/aromatic N) is 6. The van der Waals surface area contributed by atoms with Crippen molar-refractivity contribution in [1.82, 2.24) is 29.2 Å². The lowest BCUT2D eigenvalue weighted by Crippen LogP contribution is -2.36. The van der Waals surface area contributed by atoms with E-state index in [0.717, 1.165) is 41.7 Å². The molecule has 0 aromatic carbocycles. The number of carbonyl (C=O) groups excluding carboxylic acids is 1. The summed E-state index contributed by atoms with van der Waals surface area (Å²) in [7, 11) is 0. The van der Waals surface area contributed by atoms with Crippen molar-refractivity contribution >= 4 is 40.2 Å². The number of aliphatic hydroxyl groups excluding tert-OH is 1. The van der Waals surface area contributed by atoms with Gasteiger partial charge in [0.05, 0.1) is 6.61 Å². The average molecular weight is 536 g/mol. The first kappa shape index (κ1) is 25.1. The van der Waals surface area contributed by atoms with Gasteiger partial charge in [-0.25, -0.2) is 15.0 Å². The summed E-state index contributed by atoms with van der Waals surface area (Å²) in [5.41, 5.74) is 0.423. The van der Waals surface area contributed by atoms with Gasteiger partial charge in [0.2, 0.25) is 11.0 Å². The molecule has 1 saturated heterocycles. The average Bonchev–Trinajstić information content (AvgIpc) is 3.40. The molecule has 2 N–H and O–H groups in total. The van der Waals surface area contributed by atoms with Crippen molar-refractivity contribution in [2.75, 3.05) is 18.4 Å². The molecule has 4 aromatic rings. The van der Waals surface area contributed by atoms with Crippen LogP contribution in [0.2, 0.25) is 0 Å². The summed E-state index contributed by atoms with van der Waals surface area (Å²) in [4.78, 5) is 32.2. The molecule has 1 fully saturated rings. The summed E-state index contributed by atoms with van der Waals surface area (Å²) in [6.45, 7) is 2.78. The largest absolute Gasteiger partial charge is 0.451 e. The minimum atomic E-state index is -0.253. The third-order valence-corrected chi connectivity index (χ3v) is 7.43. The number of piperidine rings is 1. The standard InChI is InChI=1S/C25H25N7O3S2/c1-16(34)32-11-7-17(8-12-32)23-29-25(37-31-23)30-24-21(35-20-5-4-10-26-19(20)15-33)13-18(14-28-24)36-22-6-2-3-9-27-22/h2-6,9-10,13-14,17,33H,7-8,11-12,15H2,1H3,(H,28,29,30,31). The van der Waals surface area contributed by atoms with Crippen molar-refractivity contribution in [1.29, 1.82) is 0 Å². The van der Waals surface area contributed by atoms with E-state index in [9.17, 15) is 9.90 Å². The molecule has 0 atom stereocenters. The SMILES string of the molecule is CC(=O)N1CCC(c2nsc(Nc3ncc(Sc4ccccn4)cc3Oc3cccnc3CO)n2)CC1. The Morgan fingerprint density at radius 1 is 1.16 bits per heavy atom. The highest BCUT2D eigenvalue weighted by molar-refractivity contribution is 7.99. The molecular formula is C25H25N7O3S2. The summed E-state index contributed by atoms with van der Waals surface area (Å²) in [5, 5.41) is 14.4. The normalized spacial score (nSPS) is 13.9. The Kier molecular flexibility index (Phi) is 7.87. The topological polar surface area (TPSA) is 126 Å². The molecule has 0 aliphatic carbocycles. The second-order valence-electron chi connectivity index (χ2n) is 8.36. The number of nitrogens with one attached hydrogen (secondary N) is 1. The number of ether oxygens (including phenoxy) is 1. The maximum absolute atomic E-state index is 11.6. The smallest absolute Gasteiger partial charge is 0.219 e. The van der Waals surface area contributed by atoms with Gasteiger partial charge in [0.1, 0.15) is 16.5 Å². The van der Waals surface area contributed by atoms with E-state index in [1.807, 2.05) is 29.2 Å². The van der Waals surface area contributed by atoms with Gasteiger partial charge >= 0.3 is 0 Å². The predicted molar refractivity (Wildman–Crippen MR) is 140 cm³/mol. The van der Waals surface area contributed by atoms with E-state index in [0.29, 0.717) is 28.1 Å². The van der Waals surface area contributed by atoms with E-state index in [2.05, 4.69) is 24.6 Å². The summed E-state index contributed by atoms with van der Waals surface area (Å²) in [6, 6.07) is 11.1. The van der Waals surface area contributed by atoms with Gasteiger partial charge in [-0.2, -0.15) is 4.37 Å². The van der Waals surface area contributed by atoms with Crippen LogP contribution in [-0.2, 0) is 11.4 Å². The van der Waals surface area contributed by atoms with E-state index in [1.54, 1.807) is 37.6 Å². The van der Waals surface area contributed by atoms with Crippen molar-refractivity contribution in [2.45, 2.75) is 42.2 Å². The summed E-state index contributed by atoms with van der Waals surface area (Å²) in [6.07, 6.45) is 6.76. The molecule has 4 aromatic heterocycles. The van der Waals surface area contributed by atoms with Crippen molar-refractivity contribution in [3.05, 3.63) is 66.5 Å². The molecule has 12 heteroatoms. The van der Waals surface area contributed by atoms with Crippen LogP contribution in [0, 0.1) is 0 Å². The zero-order valence-electron chi connectivity index (χ0n) is 20.1. The first-order valence-electron chi connectivity index (χ1n) is 11.8. The number of likely N-dealkylation sites (tertiary alicyclic amines) is 1. The monoisotopic (exact) mass is 535 g/mol. The minimum Gasteiger partial charge on any atom is -0.451 e. The van der Waals surface area contributed by atoms with Crippen LogP contribution < -0.4 is 10.1 Å². The highest BCUT2D eigenvalue weighted by Gasteiger charge is 2.25. The van der Waals surface area contributed by atoms with E-state index in [1.165, 1.54) is 23.3 Å². The molecule has 190 valence electrons. The highest BCUT2D eigenvalue weighted by Crippen LogP contribution is 2.37. The Labute approximate surface area is 222 Å². The third kappa shape index (κ3) is 6.21. The Morgan fingerprint density at radius 2 is 2.00 bits per heavy atom. The molecule has 1 aliphatic rings. The zero-order chi connectivity index (χ0) is 25.6.